The summed E-state index contributed by atoms with van der Waals surface area (Å²) in [6.45, 7) is 0. The van der Waals surface area contributed by atoms with Crippen molar-refractivity contribution in [1.82, 2.24) is 0 Å². The van der Waals surface area contributed by atoms with Gasteiger partial charge in [0, 0.05) is 11.8 Å². The number of nitrogens with one attached hydrogen (secondary N) is 1. The lowest BCUT2D eigenvalue weighted by Gasteiger charge is -2.06. The maximum absolute atomic E-state index is 13.1. The molecule has 0 heterocycles. The summed E-state index contributed by atoms with van der Waals surface area (Å²) in [7, 11) is 0. The molecule has 0 aliphatic carbocycles. The number of hydrogen-bond donors (Lipinski definition) is 2. The Morgan fingerprint density at radius 2 is 1.90 bits per heavy atom. The first kappa shape index (κ1) is 14.4. The Morgan fingerprint density at radius 3 is 2.52 bits per heavy atom. The van der Waals surface area contributed by atoms with Crippen LogP contribution in [0.5, 0.6) is 5.75 Å². The van der Waals surface area contributed by atoms with E-state index in [2.05, 4.69) is 5.32 Å². The number of halogens is 2. The van der Waals surface area contributed by atoms with Gasteiger partial charge in [-0.25, -0.2) is 8.78 Å². The second-order valence-corrected chi connectivity index (χ2v) is 4.04. The van der Waals surface area contributed by atoms with Crippen LogP contribution in [0.25, 0.3) is 0 Å². The van der Waals surface area contributed by atoms with Crippen LogP contribution >= 0.6 is 0 Å². The molecule has 0 saturated heterocycles. The molecule has 2 aromatic rings. The molecule has 0 aromatic heterocycles. The highest BCUT2D eigenvalue weighted by Crippen LogP contribution is 2.23. The van der Waals surface area contributed by atoms with Crippen molar-refractivity contribution in [3.05, 3.63) is 63.7 Å². The summed E-state index contributed by atoms with van der Waals surface area (Å²) < 4.78 is 26.1. The maximum atomic E-state index is 13.1. The molecule has 0 radical (unpaired) electrons. The van der Waals surface area contributed by atoms with Crippen LogP contribution in [-0.2, 0) is 0 Å². The van der Waals surface area contributed by atoms with Crippen molar-refractivity contribution >= 4 is 17.3 Å². The highest BCUT2D eigenvalue weighted by molar-refractivity contribution is 6.07. The first-order chi connectivity index (χ1) is 9.88. The van der Waals surface area contributed by atoms with E-state index >= 15 is 0 Å². The van der Waals surface area contributed by atoms with Crippen LogP contribution in [0.3, 0.4) is 0 Å². The number of amides is 1. The standard InChI is InChI=1S/C13H8F2N2O4/c14-7-1-3-9(11(5-7)17(20)21)13(19)16-8-2-4-12(18)10(15)6-8/h1-6,18H,(H,16,19). The highest BCUT2D eigenvalue weighted by Gasteiger charge is 2.21. The lowest BCUT2D eigenvalue weighted by Crippen LogP contribution is -2.14. The predicted octanol–water partition coefficient (Wildman–Crippen LogP) is 2.83. The number of carbonyl (C=O) groups excluding carboxylic acids is 1. The van der Waals surface area contributed by atoms with Gasteiger partial charge in [0.2, 0.25) is 0 Å². The Morgan fingerprint density at radius 1 is 1.19 bits per heavy atom. The number of nitrogens with zero attached hydrogens (tertiary/aromatic N) is 1. The molecular formula is C13H8F2N2O4. The van der Waals surface area contributed by atoms with E-state index in [0.29, 0.717) is 6.07 Å². The summed E-state index contributed by atoms with van der Waals surface area (Å²) >= 11 is 0. The number of carbonyl (C=O) groups is 1. The van der Waals surface area contributed by atoms with Gasteiger partial charge in [0.05, 0.1) is 11.0 Å². The Kier molecular flexibility index (Phi) is 3.79. The van der Waals surface area contributed by atoms with Crippen LogP contribution in [0.2, 0.25) is 0 Å². The van der Waals surface area contributed by atoms with Crippen molar-refractivity contribution < 1.29 is 23.6 Å². The normalized spacial score (nSPS) is 10.2. The molecule has 21 heavy (non-hydrogen) atoms. The zero-order valence-electron chi connectivity index (χ0n) is 10.3. The second-order valence-electron chi connectivity index (χ2n) is 4.04. The quantitative estimate of drug-likeness (QED) is 0.517. The molecule has 0 spiro atoms. The molecule has 6 nitrogen and oxygen atoms in total. The zero-order chi connectivity index (χ0) is 15.6. The van der Waals surface area contributed by atoms with Crippen molar-refractivity contribution in [3.63, 3.8) is 0 Å². The van der Waals surface area contributed by atoms with Crippen LogP contribution in [0.15, 0.2) is 36.4 Å². The SMILES string of the molecule is O=C(Nc1ccc(O)c(F)c1)c1ccc(F)cc1[N+](=O)[O-]. The number of phenols is 1. The van der Waals surface area contributed by atoms with Gasteiger partial charge in [-0.15, -0.1) is 0 Å². The fourth-order valence-corrected chi connectivity index (χ4v) is 1.63. The molecule has 0 aliphatic heterocycles. The molecule has 108 valence electrons. The third-order valence-corrected chi connectivity index (χ3v) is 2.61. The monoisotopic (exact) mass is 294 g/mol. The van der Waals surface area contributed by atoms with Gasteiger partial charge in [-0.1, -0.05) is 0 Å². The zero-order valence-corrected chi connectivity index (χ0v) is 10.3. The average molecular weight is 294 g/mol. The number of nitro groups is 1. The summed E-state index contributed by atoms with van der Waals surface area (Å²) in [6.07, 6.45) is 0. The van der Waals surface area contributed by atoms with Crippen molar-refractivity contribution in [3.8, 4) is 5.75 Å². The van der Waals surface area contributed by atoms with Gasteiger partial charge < -0.3 is 10.4 Å². The summed E-state index contributed by atoms with van der Waals surface area (Å²) in [5.74, 6) is -3.30. The number of aromatic hydroxyl groups is 1. The number of rotatable bonds is 3. The summed E-state index contributed by atoms with van der Waals surface area (Å²) in [4.78, 5) is 21.8. The molecule has 0 bridgehead atoms. The smallest absolute Gasteiger partial charge is 0.285 e. The Labute approximate surface area is 116 Å². The van der Waals surface area contributed by atoms with E-state index in [4.69, 9.17) is 5.11 Å². The maximum Gasteiger partial charge on any atom is 0.285 e. The molecule has 2 aromatic carbocycles. The third kappa shape index (κ3) is 3.11. The molecule has 1 amide bonds. The van der Waals surface area contributed by atoms with Gasteiger partial charge in [0.25, 0.3) is 11.6 Å². The van der Waals surface area contributed by atoms with Crippen molar-refractivity contribution in [2.45, 2.75) is 0 Å². The van der Waals surface area contributed by atoms with E-state index < -0.39 is 33.9 Å². The lowest BCUT2D eigenvalue weighted by molar-refractivity contribution is -0.385. The van der Waals surface area contributed by atoms with Crippen LogP contribution < -0.4 is 5.32 Å². The summed E-state index contributed by atoms with van der Waals surface area (Å²) in [6, 6.07) is 5.56. The topological polar surface area (TPSA) is 92.5 Å². The van der Waals surface area contributed by atoms with Gasteiger partial charge in [-0.3, -0.25) is 14.9 Å². The molecule has 8 heteroatoms. The van der Waals surface area contributed by atoms with E-state index in [0.717, 1.165) is 24.3 Å². The first-order valence-corrected chi connectivity index (χ1v) is 5.62. The van der Waals surface area contributed by atoms with E-state index in [-0.39, 0.29) is 11.3 Å². The number of anilines is 1. The Bertz CT molecular complexity index is 734. The molecule has 2 N–H and O–H groups in total. The van der Waals surface area contributed by atoms with E-state index in [1.807, 2.05) is 0 Å². The summed E-state index contributed by atoms with van der Waals surface area (Å²) in [5, 5.41) is 22.0. The lowest BCUT2D eigenvalue weighted by atomic mass is 10.1. The van der Waals surface area contributed by atoms with E-state index in [1.54, 1.807) is 0 Å². The molecule has 0 fully saturated rings. The molecular weight excluding hydrogens is 286 g/mol. The third-order valence-electron chi connectivity index (χ3n) is 2.61. The largest absolute Gasteiger partial charge is 0.505 e. The fraction of sp³-hybridized carbons (Fsp3) is 0. The van der Waals surface area contributed by atoms with E-state index in [9.17, 15) is 23.7 Å². The number of nitro benzene ring substituents is 1. The number of hydrogen-bond acceptors (Lipinski definition) is 4. The molecule has 0 aliphatic rings. The van der Waals surface area contributed by atoms with E-state index in [1.165, 1.54) is 6.07 Å². The Balaban J connectivity index is 2.32. The molecule has 0 unspecified atom stereocenters. The fourth-order valence-electron chi connectivity index (χ4n) is 1.63. The highest BCUT2D eigenvalue weighted by atomic mass is 19.1. The van der Waals surface area contributed by atoms with Crippen LogP contribution in [0, 0.1) is 21.7 Å². The first-order valence-electron chi connectivity index (χ1n) is 5.62. The van der Waals surface area contributed by atoms with Crippen LogP contribution in [-0.4, -0.2) is 15.9 Å². The van der Waals surface area contributed by atoms with Gasteiger partial charge >= 0.3 is 0 Å². The molecule has 2 rings (SSSR count). The second kappa shape index (κ2) is 5.53. The number of benzene rings is 2. The van der Waals surface area contributed by atoms with Crippen LogP contribution in [0.4, 0.5) is 20.2 Å². The molecule has 0 atom stereocenters. The minimum Gasteiger partial charge on any atom is -0.505 e. The predicted molar refractivity (Wildman–Crippen MR) is 69.1 cm³/mol. The minimum atomic E-state index is -0.957. The van der Waals surface area contributed by atoms with Gasteiger partial charge in [-0.05, 0) is 24.3 Å². The van der Waals surface area contributed by atoms with Crippen molar-refractivity contribution in [2.75, 3.05) is 5.32 Å². The van der Waals surface area contributed by atoms with Gasteiger partial charge in [-0.2, -0.15) is 0 Å². The van der Waals surface area contributed by atoms with Gasteiger partial charge in [0.15, 0.2) is 11.6 Å². The van der Waals surface area contributed by atoms with Gasteiger partial charge in [0.1, 0.15) is 11.4 Å². The van der Waals surface area contributed by atoms with Crippen LogP contribution in [0.1, 0.15) is 10.4 Å². The van der Waals surface area contributed by atoms with Crippen molar-refractivity contribution in [1.29, 1.82) is 0 Å². The minimum absolute atomic E-state index is 0.00563. The molecule has 0 saturated carbocycles. The average Bonchev–Trinajstić information content (AvgIpc) is 2.42. The summed E-state index contributed by atoms with van der Waals surface area (Å²) in [5.41, 5.74) is -1.07. The number of phenolic OH excluding ortho intramolecular Hbond substituents is 1. The Hall–Kier alpha value is -3.03. The van der Waals surface area contributed by atoms with Crippen molar-refractivity contribution in [2.24, 2.45) is 0 Å².